The number of nitrogens with zero attached hydrogens (tertiary/aromatic N) is 3. The Morgan fingerprint density at radius 3 is 2.60 bits per heavy atom. The van der Waals surface area contributed by atoms with Crippen molar-refractivity contribution in [3.8, 4) is 0 Å². The summed E-state index contributed by atoms with van der Waals surface area (Å²) in [6, 6.07) is 6.55. The molecular weight excluding hydrogens is 376 g/mol. The van der Waals surface area contributed by atoms with Gasteiger partial charge in [-0.3, -0.25) is 4.79 Å². The van der Waals surface area contributed by atoms with Crippen LogP contribution in [-0.4, -0.2) is 35.0 Å². The van der Waals surface area contributed by atoms with Crippen molar-refractivity contribution in [1.82, 2.24) is 9.97 Å². The van der Waals surface area contributed by atoms with Crippen LogP contribution in [0.15, 0.2) is 24.4 Å². The number of carbonyl (C=O) groups excluding carboxylic acids is 1. The van der Waals surface area contributed by atoms with E-state index in [-0.39, 0.29) is 17.0 Å². The average molecular weight is 411 g/mol. The molecule has 1 saturated heterocycles. The summed E-state index contributed by atoms with van der Waals surface area (Å²) in [4.78, 5) is 23.1. The number of hydrogen-bond acceptors (Lipinski definition) is 6. The molecule has 30 heavy (non-hydrogen) atoms. The predicted octanol–water partition coefficient (Wildman–Crippen LogP) is 3.67. The summed E-state index contributed by atoms with van der Waals surface area (Å²) in [6.07, 6.45) is 3.50. The fraction of sp³-hybridized carbons (Fsp3) is 0.522. The van der Waals surface area contributed by atoms with Crippen LogP contribution in [-0.2, 0) is 5.41 Å². The Labute approximate surface area is 179 Å². The van der Waals surface area contributed by atoms with Gasteiger partial charge in [0.1, 0.15) is 11.4 Å². The number of hydrogen-bond donors (Lipinski definition) is 3. The lowest BCUT2D eigenvalue weighted by atomic mass is 9.84. The van der Waals surface area contributed by atoms with Gasteiger partial charge in [-0.1, -0.05) is 40.7 Å². The molecule has 5 N–H and O–H groups in total. The van der Waals surface area contributed by atoms with E-state index in [1.165, 1.54) is 17.3 Å². The second-order valence-corrected chi connectivity index (χ2v) is 9.52. The number of amides is 1. The van der Waals surface area contributed by atoms with E-state index in [1.54, 1.807) is 0 Å². The molecule has 0 aliphatic carbocycles. The van der Waals surface area contributed by atoms with E-state index in [1.807, 2.05) is 0 Å². The molecule has 0 radical (unpaired) electrons. The van der Waals surface area contributed by atoms with Crippen LogP contribution < -0.4 is 21.7 Å². The number of piperidine rings is 1. The third-order valence-corrected chi connectivity index (χ3v) is 5.53. The minimum atomic E-state index is -0.560. The van der Waals surface area contributed by atoms with Crippen LogP contribution in [0, 0.1) is 0 Å². The average Bonchev–Trinajstić information content (AvgIpc) is 2.66. The van der Waals surface area contributed by atoms with Gasteiger partial charge in [0.2, 0.25) is 5.95 Å². The Morgan fingerprint density at radius 1 is 1.27 bits per heavy atom. The highest BCUT2D eigenvalue weighted by molar-refractivity contribution is 5.98. The highest BCUT2D eigenvalue weighted by Gasteiger charge is 2.22. The van der Waals surface area contributed by atoms with Gasteiger partial charge in [0, 0.05) is 31.0 Å². The van der Waals surface area contributed by atoms with Crippen LogP contribution in [0.3, 0.4) is 0 Å². The van der Waals surface area contributed by atoms with Gasteiger partial charge in [-0.25, -0.2) is 4.98 Å². The zero-order valence-electron chi connectivity index (χ0n) is 18.7. The maximum absolute atomic E-state index is 12.0. The van der Waals surface area contributed by atoms with Crippen LogP contribution in [0.1, 0.15) is 74.9 Å². The Bertz CT molecular complexity index is 918. The minimum Gasteiger partial charge on any atom is -0.365 e. The molecule has 1 aromatic heterocycles. The number of aromatic nitrogens is 2. The first-order valence-electron chi connectivity index (χ1n) is 10.6. The van der Waals surface area contributed by atoms with Crippen molar-refractivity contribution >= 4 is 23.4 Å². The van der Waals surface area contributed by atoms with E-state index in [4.69, 9.17) is 11.5 Å². The molecule has 1 atom stereocenters. The SMILES string of the molecule is CC(C)c1cc(Nc2nc(N3CCC[C@H](N)C3)ncc2C(N)=O)cc(C(C)(C)C)c1. The molecule has 2 heterocycles. The Hall–Kier alpha value is -2.67. The van der Waals surface area contributed by atoms with Crippen LogP contribution in [0.5, 0.6) is 0 Å². The molecule has 3 rings (SSSR count). The highest BCUT2D eigenvalue weighted by atomic mass is 16.1. The molecule has 0 bridgehead atoms. The fourth-order valence-corrected chi connectivity index (χ4v) is 3.62. The Balaban J connectivity index is 2.01. The number of benzene rings is 1. The number of carbonyl (C=O) groups is 1. The summed E-state index contributed by atoms with van der Waals surface area (Å²) < 4.78 is 0. The Kier molecular flexibility index (Phi) is 6.31. The standard InChI is InChI=1S/C23H34N6O/c1-14(2)15-9-16(23(3,4)5)11-18(10-15)27-21-19(20(25)30)12-26-22(28-21)29-8-6-7-17(24)13-29/h9-12,14,17H,6-8,13,24H2,1-5H3,(H2,25,30)(H,26,27,28)/t17-/m0/s1. The molecule has 0 saturated carbocycles. The second kappa shape index (κ2) is 8.60. The summed E-state index contributed by atoms with van der Waals surface area (Å²) in [6.45, 7) is 12.5. The van der Waals surface area contributed by atoms with E-state index in [0.717, 1.165) is 25.1 Å². The van der Waals surface area contributed by atoms with E-state index >= 15 is 0 Å². The molecule has 0 spiro atoms. The summed E-state index contributed by atoms with van der Waals surface area (Å²) in [5, 5.41) is 3.34. The maximum Gasteiger partial charge on any atom is 0.254 e. The molecule has 162 valence electrons. The van der Waals surface area contributed by atoms with Crippen molar-refractivity contribution in [3.63, 3.8) is 0 Å². The van der Waals surface area contributed by atoms with Gasteiger partial charge in [-0.05, 0) is 47.4 Å². The smallest absolute Gasteiger partial charge is 0.254 e. The summed E-state index contributed by atoms with van der Waals surface area (Å²) >= 11 is 0. The summed E-state index contributed by atoms with van der Waals surface area (Å²) in [7, 11) is 0. The van der Waals surface area contributed by atoms with Gasteiger partial charge in [-0.2, -0.15) is 4.98 Å². The van der Waals surface area contributed by atoms with Crippen LogP contribution >= 0.6 is 0 Å². The van der Waals surface area contributed by atoms with Gasteiger partial charge in [0.15, 0.2) is 0 Å². The monoisotopic (exact) mass is 410 g/mol. The molecule has 7 nitrogen and oxygen atoms in total. The summed E-state index contributed by atoms with van der Waals surface area (Å²) in [5.74, 6) is 0.802. The van der Waals surface area contributed by atoms with E-state index < -0.39 is 5.91 Å². The molecule has 0 unspecified atom stereocenters. The van der Waals surface area contributed by atoms with Crippen LogP contribution in [0.25, 0.3) is 0 Å². The lowest BCUT2D eigenvalue weighted by Gasteiger charge is -2.31. The van der Waals surface area contributed by atoms with Crippen molar-refractivity contribution in [2.45, 2.75) is 64.8 Å². The topological polar surface area (TPSA) is 110 Å². The molecule has 7 heteroatoms. The van der Waals surface area contributed by atoms with Crippen molar-refractivity contribution in [3.05, 3.63) is 41.1 Å². The molecule has 1 fully saturated rings. The highest BCUT2D eigenvalue weighted by Crippen LogP contribution is 2.31. The van der Waals surface area contributed by atoms with Crippen molar-refractivity contribution in [2.75, 3.05) is 23.3 Å². The summed E-state index contributed by atoms with van der Waals surface area (Å²) in [5.41, 5.74) is 15.3. The third kappa shape index (κ3) is 5.08. The predicted molar refractivity (Wildman–Crippen MR) is 122 cm³/mol. The zero-order chi connectivity index (χ0) is 22.1. The molecular formula is C23H34N6O. The molecule has 1 aromatic carbocycles. The zero-order valence-corrected chi connectivity index (χ0v) is 18.7. The van der Waals surface area contributed by atoms with Gasteiger partial charge < -0.3 is 21.7 Å². The molecule has 2 aromatic rings. The van der Waals surface area contributed by atoms with E-state index in [2.05, 4.69) is 73.0 Å². The number of rotatable bonds is 5. The van der Waals surface area contributed by atoms with Gasteiger partial charge in [-0.15, -0.1) is 0 Å². The lowest BCUT2D eigenvalue weighted by molar-refractivity contribution is 0.100. The Morgan fingerprint density at radius 2 is 2.00 bits per heavy atom. The largest absolute Gasteiger partial charge is 0.365 e. The van der Waals surface area contributed by atoms with E-state index in [0.29, 0.717) is 24.2 Å². The maximum atomic E-state index is 12.0. The number of nitrogens with one attached hydrogen (secondary N) is 1. The van der Waals surface area contributed by atoms with Gasteiger partial charge in [0.25, 0.3) is 5.91 Å². The van der Waals surface area contributed by atoms with Crippen molar-refractivity contribution in [2.24, 2.45) is 11.5 Å². The van der Waals surface area contributed by atoms with Crippen LogP contribution in [0.2, 0.25) is 0 Å². The number of nitrogens with two attached hydrogens (primary N) is 2. The quantitative estimate of drug-likeness (QED) is 0.694. The number of anilines is 3. The minimum absolute atomic E-state index is 0.00534. The lowest BCUT2D eigenvalue weighted by Crippen LogP contribution is -2.43. The molecule has 1 aliphatic heterocycles. The first kappa shape index (κ1) is 22.0. The normalized spacial score (nSPS) is 17.3. The first-order chi connectivity index (χ1) is 14.0. The van der Waals surface area contributed by atoms with E-state index in [9.17, 15) is 4.79 Å². The third-order valence-electron chi connectivity index (χ3n) is 5.53. The fourth-order valence-electron chi connectivity index (χ4n) is 3.62. The molecule has 1 amide bonds. The van der Waals surface area contributed by atoms with Crippen molar-refractivity contribution in [1.29, 1.82) is 0 Å². The first-order valence-corrected chi connectivity index (χ1v) is 10.6. The van der Waals surface area contributed by atoms with Crippen molar-refractivity contribution < 1.29 is 4.79 Å². The second-order valence-electron chi connectivity index (χ2n) is 9.52. The van der Waals surface area contributed by atoms with Crippen LogP contribution in [0.4, 0.5) is 17.5 Å². The van der Waals surface area contributed by atoms with Gasteiger partial charge >= 0.3 is 0 Å². The van der Waals surface area contributed by atoms with Gasteiger partial charge in [0.05, 0.1) is 0 Å². The number of primary amides is 1. The molecule has 1 aliphatic rings.